The molecule has 1 aromatic heterocycles. The molecule has 1 atom stereocenters. The summed E-state index contributed by atoms with van der Waals surface area (Å²) >= 11 is 0. The number of piperidine rings is 1. The number of hydrogen-bond donors (Lipinski definition) is 0. The van der Waals surface area contributed by atoms with E-state index in [1.54, 1.807) is 0 Å². The Morgan fingerprint density at radius 3 is 2.81 bits per heavy atom. The Hall–Kier alpha value is -1.73. The smallest absolute Gasteiger partial charge is 0.236 e. The van der Waals surface area contributed by atoms with Crippen molar-refractivity contribution >= 4 is 11.7 Å². The lowest BCUT2D eigenvalue weighted by molar-refractivity contribution is -0.133. The molecule has 2 fully saturated rings. The van der Waals surface area contributed by atoms with Gasteiger partial charge >= 0.3 is 0 Å². The second kappa shape index (κ2) is 8.77. The summed E-state index contributed by atoms with van der Waals surface area (Å²) in [5, 5.41) is 0. The van der Waals surface area contributed by atoms with E-state index in [-0.39, 0.29) is 5.91 Å². The highest BCUT2D eigenvalue weighted by Gasteiger charge is 2.27. The predicted octanol–water partition coefficient (Wildman–Crippen LogP) is 1.28. The Morgan fingerprint density at radius 2 is 2.08 bits per heavy atom. The van der Waals surface area contributed by atoms with Crippen LogP contribution in [0.1, 0.15) is 37.2 Å². The third kappa shape index (κ3) is 4.71. The number of ether oxygens (including phenoxy) is 1. The zero-order chi connectivity index (χ0) is 18.5. The first-order valence-corrected chi connectivity index (χ1v) is 9.71. The van der Waals surface area contributed by atoms with Crippen LogP contribution in [0.3, 0.4) is 0 Å². The monoisotopic (exact) mass is 361 g/mol. The molecule has 2 aliphatic heterocycles. The van der Waals surface area contributed by atoms with Crippen LogP contribution in [-0.4, -0.2) is 85.2 Å². The Labute approximate surface area is 156 Å². The van der Waals surface area contributed by atoms with Gasteiger partial charge in [-0.3, -0.25) is 9.69 Å². The summed E-state index contributed by atoms with van der Waals surface area (Å²) in [6, 6.07) is 2.12. The van der Waals surface area contributed by atoms with Crippen LogP contribution in [0.4, 0.5) is 5.82 Å². The number of morpholine rings is 1. The number of carbonyl (C=O) groups is 1. The normalized spacial score (nSPS) is 21.3. The van der Waals surface area contributed by atoms with E-state index in [0.29, 0.717) is 12.5 Å². The highest BCUT2D eigenvalue weighted by Crippen LogP contribution is 2.28. The maximum Gasteiger partial charge on any atom is 0.236 e. The molecular formula is C19H31N5O2. The minimum atomic E-state index is 0.221. The molecule has 0 spiro atoms. The Bertz CT molecular complexity index is 618. The number of aromatic nitrogens is 2. The van der Waals surface area contributed by atoms with Gasteiger partial charge in [-0.05, 0) is 33.4 Å². The number of aryl methyl sites for hydroxylation is 1. The van der Waals surface area contributed by atoms with Crippen LogP contribution in [0.15, 0.2) is 6.07 Å². The third-order valence-corrected chi connectivity index (χ3v) is 5.32. The van der Waals surface area contributed by atoms with E-state index < -0.39 is 0 Å². The Kier molecular flexibility index (Phi) is 6.43. The first-order valence-electron chi connectivity index (χ1n) is 9.71. The van der Waals surface area contributed by atoms with Crippen molar-refractivity contribution < 1.29 is 9.53 Å². The molecule has 26 heavy (non-hydrogen) atoms. The Balaban J connectivity index is 1.71. The maximum atomic E-state index is 12.6. The average Bonchev–Trinajstić information content (AvgIpc) is 2.68. The fraction of sp³-hybridized carbons (Fsp3) is 0.737. The van der Waals surface area contributed by atoms with Crippen LogP contribution in [0.25, 0.3) is 0 Å². The zero-order valence-electron chi connectivity index (χ0n) is 16.3. The van der Waals surface area contributed by atoms with Crippen molar-refractivity contribution in [2.75, 3.05) is 64.4 Å². The standard InChI is InChI=1S/C19H31N5O2/c1-4-22(3)14-19(25)24-7-5-6-16(13-24)17-12-18(21-15(2)20-17)23-8-10-26-11-9-23/h12,16H,4-11,13-14H2,1-3H3/t16-/m1/s1. The average molecular weight is 361 g/mol. The zero-order valence-corrected chi connectivity index (χ0v) is 16.3. The number of anilines is 1. The molecule has 0 N–H and O–H groups in total. The van der Waals surface area contributed by atoms with E-state index in [1.165, 1.54) is 0 Å². The molecule has 2 aliphatic rings. The molecule has 0 radical (unpaired) electrons. The number of nitrogens with zero attached hydrogens (tertiary/aromatic N) is 5. The molecule has 7 heteroatoms. The molecule has 0 unspecified atom stereocenters. The van der Waals surface area contributed by atoms with Gasteiger partial charge in [-0.2, -0.15) is 0 Å². The van der Waals surface area contributed by atoms with Crippen molar-refractivity contribution in [3.8, 4) is 0 Å². The van der Waals surface area contributed by atoms with Crippen LogP contribution in [0, 0.1) is 6.92 Å². The van der Waals surface area contributed by atoms with Gasteiger partial charge in [0, 0.05) is 38.2 Å². The van der Waals surface area contributed by atoms with Gasteiger partial charge in [0.15, 0.2) is 0 Å². The van der Waals surface area contributed by atoms with E-state index in [1.807, 2.05) is 18.9 Å². The minimum absolute atomic E-state index is 0.221. The molecule has 0 aromatic carbocycles. The summed E-state index contributed by atoms with van der Waals surface area (Å²) in [6.45, 7) is 10.2. The molecule has 144 valence electrons. The maximum absolute atomic E-state index is 12.6. The van der Waals surface area contributed by atoms with Crippen LogP contribution in [-0.2, 0) is 9.53 Å². The Morgan fingerprint density at radius 1 is 1.31 bits per heavy atom. The lowest BCUT2D eigenvalue weighted by Crippen LogP contribution is -2.44. The van der Waals surface area contributed by atoms with Crippen molar-refractivity contribution in [2.45, 2.75) is 32.6 Å². The molecule has 3 rings (SSSR count). The minimum Gasteiger partial charge on any atom is -0.378 e. The molecular weight excluding hydrogens is 330 g/mol. The van der Waals surface area contributed by atoms with E-state index in [2.05, 4.69) is 27.8 Å². The van der Waals surface area contributed by atoms with Gasteiger partial charge in [-0.15, -0.1) is 0 Å². The van der Waals surface area contributed by atoms with Gasteiger partial charge in [-0.1, -0.05) is 6.92 Å². The molecule has 0 bridgehead atoms. The van der Waals surface area contributed by atoms with Gasteiger partial charge in [-0.25, -0.2) is 9.97 Å². The molecule has 7 nitrogen and oxygen atoms in total. The number of rotatable bonds is 5. The van der Waals surface area contributed by atoms with Crippen molar-refractivity contribution in [1.29, 1.82) is 0 Å². The largest absolute Gasteiger partial charge is 0.378 e. The molecule has 3 heterocycles. The quantitative estimate of drug-likeness (QED) is 0.787. The second-order valence-electron chi connectivity index (χ2n) is 7.31. The van der Waals surface area contributed by atoms with Gasteiger partial charge in [0.25, 0.3) is 0 Å². The van der Waals surface area contributed by atoms with Gasteiger partial charge < -0.3 is 14.5 Å². The van der Waals surface area contributed by atoms with E-state index in [9.17, 15) is 4.79 Å². The number of amides is 1. The summed E-state index contributed by atoms with van der Waals surface area (Å²) in [7, 11) is 1.99. The van der Waals surface area contributed by atoms with Crippen LogP contribution < -0.4 is 4.90 Å². The molecule has 0 saturated carbocycles. The van der Waals surface area contributed by atoms with Crippen molar-refractivity contribution in [3.05, 3.63) is 17.6 Å². The fourth-order valence-corrected chi connectivity index (χ4v) is 3.63. The number of carbonyl (C=O) groups excluding carboxylic acids is 1. The number of hydrogen-bond acceptors (Lipinski definition) is 6. The molecule has 0 aliphatic carbocycles. The fourth-order valence-electron chi connectivity index (χ4n) is 3.63. The van der Waals surface area contributed by atoms with Crippen molar-refractivity contribution in [2.24, 2.45) is 0 Å². The molecule has 1 amide bonds. The third-order valence-electron chi connectivity index (χ3n) is 5.32. The van der Waals surface area contributed by atoms with Gasteiger partial charge in [0.05, 0.1) is 25.5 Å². The van der Waals surface area contributed by atoms with E-state index >= 15 is 0 Å². The number of likely N-dealkylation sites (N-methyl/N-ethyl adjacent to an activating group) is 1. The first-order chi connectivity index (χ1) is 12.6. The summed E-state index contributed by atoms with van der Waals surface area (Å²) in [5.74, 6) is 2.31. The second-order valence-corrected chi connectivity index (χ2v) is 7.31. The first kappa shape index (κ1) is 19.0. The van der Waals surface area contributed by atoms with Crippen molar-refractivity contribution in [1.82, 2.24) is 19.8 Å². The summed E-state index contributed by atoms with van der Waals surface area (Å²) in [5.41, 5.74) is 1.07. The summed E-state index contributed by atoms with van der Waals surface area (Å²) < 4.78 is 5.45. The number of likely N-dealkylation sites (tertiary alicyclic amines) is 1. The lowest BCUT2D eigenvalue weighted by Gasteiger charge is -2.34. The summed E-state index contributed by atoms with van der Waals surface area (Å²) in [6.07, 6.45) is 2.11. The van der Waals surface area contributed by atoms with Gasteiger partial charge in [0.2, 0.25) is 5.91 Å². The van der Waals surface area contributed by atoms with Crippen LogP contribution in [0.2, 0.25) is 0 Å². The van der Waals surface area contributed by atoms with Gasteiger partial charge in [0.1, 0.15) is 11.6 Å². The molecule has 2 saturated heterocycles. The summed E-state index contributed by atoms with van der Waals surface area (Å²) in [4.78, 5) is 28.2. The highest BCUT2D eigenvalue weighted by atomic mass is 16.5. The van der Waals surface area contributed by atoms with Crippen LogP contribution >= 0.6 is 0 Å². The van der Waals surface area contributed by atoms with E-state index in [0.717, 1.165) is 76.1 Å². The predicted molar refractivity (Wildman–Crippen MR) is 102 cm³/mol. The lowest BCUT2D eigenvalue weighted by atomic mass is 9.94. The van der Waals surface area contributed by atoms with Crippen LogP contribution in [0.5, 0.6) is 0 Å². The topological polar surface area (TPSA) is 61.8 Å². The SMILES string of the molecule is CCN(C)CC(=O)N1CCC[C@@H](c2cc(N3CCOCC3)nc(C)n2)C1. The van der Waals surface area contributed by atoms with E-state index in [4.69, 9.17) is 9.72 Å². The van der Waals surface area contributed by atoms with Crippen molar-refractivity contribution in [3.63, 3.8) is 0 Å². The molecule has 1 aromatic rings. The highest BCUT2D eigenvalue weighted by molar-refractivity contribution is 5.78.